The summed E-state index contributed by atoms with van der Waals surface area (Å²) in [5, 5.41) is 5.25. The van der Waals surface area contributed by atoms with Crippen LogP contribution in [0.5, 0.6) is 0 Å². The molecule has 2 aromatic heterocycles. The number of hydrogen-bond acceptors (Lipinski definition) is 1. The Hall–Kier alpha value is -2.74. The van der Waals surface area contributed by atoms with Crippen LogP contribution in [0.25, 0.3) is 43.7 Å². The highest BCUT2D eigenvalue weighted by Gasteiger charge is 2.63. The van der Waals surface area contributed by atoms with Crippen LogP contribution < -0.4 is 0 Å². The molecule has 0 N–H and O–H groups in total. The van der Waals surface area contributed by atoms with Crippen LogP contribution in [0.3, 0.4) is 0 Å². The monoisotopic (exact) mass is 581 g/mol. The molecule has 6 aliphatic carbocycles. The van der Waals surface area contributed by atoms with Crippen molar-refractivity contribution >= 4 is 43.7 Å². The van der Waals surface area contributed by atoms with Gasteiger partial charge in [0, 0.05) is 27.7 Å². The lowest BCUT2D eigenvalue weighted by molar-refractivity contribution is -0.192. The predicted octanol–water partition coefficient (Wildman–Crippen LogP) is 11.5. The summed E-state index contributed by atoms with van der Waals surface area (Å²) in [6.45, 7) is 0. The number of nitrogens with zero attached hydrogens (tertiary/aromatic N) is 1. The lowest BCUT2D eigenvalue weighted by Gasteiger charge is -2.68. The molecule has 2 heteroatoms. The lowest BCUT2D eigenvalue weighted by atomic mass is 9.37. The van der Waals surface area contributed by atoms with Crippen LogP contribution in [0.1, 0.15) is 89.5 Å². The molecule has 0 spiro atoms. The van der Waals surface area contributed by atoms with Gasteiger partial charge in [-0.25, -0.2) is 0 Å². The maximum atomic E-state index is 6.70. The Balaban J connectivity index is 1.11. The molecule has 0 radical (unpaired) electrons. The van der Waals surface area contributed by atoms with E-state index in [1.54, 1.807) is 32.1 Å². The fourth-order valence-electron chi connectivity index (χ4n) is 14.1. The van der Waals surface area contributed by atoms with E-state index in [1.807, 2.05) is 0 Å². The Bertz CT molecular complexity index is 1870. The van der Waals surface area contributed by atoms with E-state index in [0.717, 1.165) is 70.3 Å². The first-order valence-corrected chi connectivity index (χ1v) is 18.7. The van der Waals surface area contributed by atoms with E-state index in [1.165, 1.54) is 83.9 Å². The van der Waals surface area contributed by atoms with Crippen molar-refractivity contribution in [2.24, 2.45) is 59.2 Å². The summed E-state index contributed by atoms with van der Waals surface area (Å²) >= 11 is 0. The van der Waals surface area contributed by atoms with Crippen LogP contribution in [0.4, 0.5) is 0 Å². The van der Waals surface area contributed by atoms with Gasteiger partial charge in [-0.05, 0) is 135 Å². The second-order valence-corrected chi connectivity index (χ2v) is 16.4. The van der Waals surface area contributed by atoms with Crippen LogP contribution in [0, 0.1) is 59.2 Å². The number of rotatable bonds is 1. The third kappa shape index (κ3) is 3.29. The second kappa shape index (κ2) is 9.40. The summed E-state index contributed by atoms with van der Waals surface area (Å²) in [4.78, 5) is 0. The lowest BCUT2D eigenvalue weighted by Crippen LogP contribution is -2.62. The summed E-state index contributed by atoms with van der Waals surface area (Å²) in [5.74, 6) is 10.2. The van der Waals surface area contributed by atoms with Gasteiger partial charge in [0.15, 0.2) is 0 Å². The SMILES string of the molecule is c1ccc2c(c1)oc1c2ccc2c1c1ccccc1n2C1CC2C3CCCCC3C3CCCC4C5CCCCC5C(C1)C2C34. The average Bonchev–Trinajstić information content (AvgIpc) is 3.63. The van der Waals surface area contributed by atoms with Crippen LogP contribution in [0.2, 0.25) is 0 Å². The fraction of sp³-hybridized carbons (Fsp3) is 0.571. The van der Waals surface area contributed by atoms with E-state index in [2.05, 4.69) is 65.2 Å². The van der Waals surface area contributed by atoms with Gasteiger partial charge in [0.25, 0.3) is 0 Å². The molecule has 44 heavy (non-hydrogen) atoms. The van der Waals surface area contributed by atoms with Gasteiger partial charge in [-0.3, -0.25) is 0 Å². The molecule has 0 aliphatic heterocycles. The van der Waals surface area contributed by atoms with E-state index < -0.39 is 0 Å². The number of furan rings is 1. The van der Waals surface area contributed by atoms with Crippen molar-refractivity contribution in [3.63, 3.8) is 0 Å². The Kier molecular flexibility index (Phi) is 5.44. The summed E-state index contributed by atoms with van der Waals surface area (Å²) in [5.41, 5.74) is 4.97. The van der Waals surface area contributed by atoms with Crippen molar-refractivity contribution in [1.82, 2.24) is 4.57 Å². The number of hydrogen-bond donors (Lipinski definition) is 0. The Labute approximate surface area is 261 Å². The van der Waals surface area contributed by atoms with Crippen LogP contribution in [-0.2, 0) is 0 Å². The molecule has 6 fully saturated rings. The molecule has 8 unspecified atom stereocenters. The van der Waals surface area contributed by atoms with Crippen LogP contribution in [0.15, 0.2) is 65.1 Å². The highest BCUT2D eigenvalue weighted by atomic mass is 16.3. The zero-order valence-corrected chi connectivity index (χ0v) is 26.2. The van der Waals surface area contributed by atoms with Crippen molar-refractivity contribution < 1.29 is 4.42 Å². The van der Waals surface area contributed by atoms with Crippen molar-refractivity contribution in [2.45, 2.75) is 89.5 Å². The summed E-state index contributed by atoms with van der Waals surface area (Å²) in [6.07, 6.45) is 19.7. The molecule has 6 saturated carbocycles. The van der Waals surface area contributed by atoms with Gasteiger partial charge in [0.2, 0.25) is 0 Å². The first kappa shape index (κ1) is 25.5. The largest absolute Gasteiger partial charge is 0.455 e. The van der Waals surface area contributed by atoms with Crippen molar-refractivity contribution in [2.75, 3.05) is 0 Å². The minimum Gasteiger partial charge on any atom is -0.455 e. The third-order valence-electron chi connectivity index (χ3n) is 15.1. The van der Waals surface area contributed by atoms with Gasteiger partial charge in [-0.2, -0.15) is 0 Å². The Morgan fingerprint density at radius 1 is 0.477 bits per heavy atom. The van der Waals surface area contributed by atoms with E-state index in [0.29, 0.717) is 6.04 Å². The first-order chi connectivity index (χ1) is 21.8. The summed E-state index contributed by atoms with van der Waals surface area (Å²) in [6, 6.07) is 23.4. The highest BCUT2D eigenvalue weighted by molar-refractivity contribution is 6.23. The van der Waals surface area contributed by atoms with Crippen molar-refractivity contribution in [3.05, 3.63) is 60.7 Å². The number of benzene rings is 3. The molecule has 0 amide bonds. The molecular formula is C42H47NO. The zero-order valence-electron chi connectivity index (χ0n) is 26.2. The molecule has 0 saturated heterocycles. The highest BCUT2D eigenvalue weighted by Crippen LogP contribution is 2.70. The number of aromatic nitrogens is 1. The molecule has 8 atom stereocenters. The standard InChI is InChI=1S/C42H47NO/c1-3-12-27-25(10-1)30-16-9-17-31-26-11-2-4-13-28(26)35-23-24(22-34(27)40(35)39(30)31)43-36-18-7-5-15-33(36)41-37(43)21-20-32-29-14-6-8-19-38(29)44-42(32)41/h5-8,14-15,18-21,24-28,30-31,34-35,39-40H,1-4,9-13,16-17,22-23H2. The minimum absolute atomic E-state index is 0.604. The van der Waals surface area contributed by atoms with Gasteiger partial charge in [0.05, 0.1) is 10.9 Å². The second-order valence-electron chi connectivity index (χ2n) is 16.4. The predicted molar refractivity (Wildman–Crippen MR) is 181 cm³/mol. The maximum absolute atomic E-state index is 6.70. The number of fused-ring (bicyclic) bond motifs is 13. The fourth-order valence-corrected chi connectivity index (χ4v) is 14.1. The smallest absolute Gasteiger partial charge is 0.145 e. The van der Waals surface area contributed by atoms with Crippen molar-refractivity contribution in [3.8, 4) is 0 Å². The molecule has 6 aliphatic rings. The molecule has 3 aromatic carbocycles. The van der Waals surface area contributed by atoms with Gasteiger partial charge >= 0.3 is 0 Å². The Morgan fingerprint density at radius 3 is 1.75 bits per heavy atom. The van der Waals surface area contributed by atoms with E-state index in [9.17, 15) is 0 Å². The summed E-state index contributed by atoms with van der Waals surface area (Å²) < 4.78 is 9.56. The average molecular weight is 582 g/mol. The van der Waals surface area contributed by atoms with Crippen LogP contribution >= 0.6 is 0 Å². The molecular weight excluding hydrogens is 534 g/mol. The minimum atomic E-state index is 0.604. The zero-order chi connectivity index (χ0) is 28.5. The Morgan fingerprint density at radius 2 is 1.05 bits per heavy atom. The van der Waals surface area contributed by atoms with E-state index >= 15 is 0 Å². The normalized spacial score (nSPS) is 39.8. The van der Waals surface area contributed by atoms with Gasteiger partial charge in [-0.15, -0.1) is 0 Å². The third-order valence-corrected chi connectivity index (χ3v) is 15.1. The maximum Gasteiger partial charge on any atom is 0.145 e. The van der Waals surface area contributed by atoms with Crippen LogP contribution in [-0.4, -0.2) is 4.57 Å². The quantitative estimate of drug-likeness (QED) is 0.193. The summed E-state index contributed by atoms with van der Waals surface area (Å²) in [7, 11) is 0. The first-order valence-electron chi connectivity index (χ1n) is 18.7. The molecule has 0 bridgehead atoms. The molecule has 2 nitrogen and oxygen atoms in total. The topological polar surface area (TPSA) is 18.1 Å². The molecule has 226 valence electrons. The molecule has 2 heterocycles. The van der Waals surface area contributed by atoms with Gasteiger partial charge in [0.1, 0.15) is 11.2 Å². The number of para-hydroxylation sites is 2. The van der Waals surface area contributed by atoms with Crippen molar-refractivity contribution in [1.29, 1.82) is 0 Å². The van der Waals surface area contributed by atoms with Gasteiger partial charge in [-0.1, -0.05) is 68.5 Å². The van der Waals surface area contributed by atoms with E-state index in [-0.39, 0.29) is 0 Å². The molecule has 5 aromatic rings. The molecule has 11 rings (SSSR count). The van der Waals surface area contributed by atoms with Gasteiger partial charge < -0.3 is 8.98 Å². The van der Waals surface area contributed by atoms with E-state index in [4.69, 9.17) is 4.42 Å².